The molecule has 1 fully saturated rings. The summed E-state index contributed by atoms with van der Waals surface area (Å²) in [6.07, 6.45) is 2.35. The fourth-order valence-electron chi connectivity index (χ4n) is 2.34. The van der Waals surface area contributed by atoms with Gasteiger partial charge in [-0.3, -0.25) is 0 Å². The molecule has 1 aliphatic heterocycles. The van der Waals surface area contributed by atoms with Crippen molar-refractivity contribution >= 4 is 0 Å². The van der Waals surface area contributed by atoms with Crippen LogP contribution in [0.15, 0.2) is 24.3 Å². The Kier molecular flexibility index (Phi) is 4.25. The summed E-state index contributed by atoms with van der Waals surface area (Å²) in [7, 11) is 0. The Morgan fingerprint density at radius 2 is 2.11 bits per heavy atom. The van der Waals surface area contributed by atoms with Gasteiger partial charge in [0.05, 0.1) is 12.2 Å². The smallest absolute Gasteiger partial charge is 0.119 e. The number of benzene rings is 1. The number of hydrogen-bond acceptors (Lipinski definition) is 3. The van der Waals surface area contributed by atoms with Gasteiger partial charge in [-0.15, -0.1) is 0 Å². The van der Waals surface area contributed by atoms with Crippen molar-refractivity contribution in [3.05, 3.63) is 29.8 Å². The summed E-state index contributed by atoms with van der Waals surface area (Å²) in [6, 6.07) is 7.66. The molecule has 0 aromatic heterocycles. The minimum Gasteiger partial charge on any atom is -0.494 e. The lowest BCUT2D eigenvalue weighted by Gasteiger charge is -2.29. The van der Waals surface area contributed by atoms with Crippen molar-refractivity contribution in [1.29, 1.82) is 0 Å². The highest BCUT2D eigenvalue weighted by atomic mass is 16.5. The number of aliphatic hydroxyl groups is 1. The van der Waals surface area contributed by atoms with Gasteiger partial charge >= 0.3 is 0 Å². The Bertz CT molecular complexity index is 366. The van der Waals surface area contributed by atoms with E-state index in [2.05, 4.69) is 6.92 Å². The van der Waals surface area contributed by atoms with Crippen LogP contribution in [0.25, 0.3) is 0 Å². The molecular formula is C15H22O3. The second-order valence-electron chi connectivity index (χ2n) is 5.08. The van der Waals surface area contributed by atoms with E-state index in [1.54, 1.807) is 0 Å². The van der Waals surface area contributed by atoms with Gasteiger partial charge in [-0.2, -0.15) is 0 Å². The zero-order valence-electron chi connectivity index (χ0n) is 11.2. The summed E-state index contributed by atoms with van der Waals surface area (Å²) in [4.78, 5) is 0. The van der Waals surface area contributed by atoms with Crippen molar-refractivity contribution in [2.75, 3.05) is 13.2 Å². The molecule has 1 saturated heterocycles. The van der Waals surface area contributed by atoms with E-state index in [1.165, 1.54) is 0 Å². The van der Waals surface area contributed by atoms with Crippen LogP contribution in [0.1, 0.15) is 44.8 Å². The maximum absolute atomic E-state index is 10.4. The topological polar surface area (TPSA) is 38.7 Å². The predicted molar refractivity (Wildman–Crippen MR) is 70.8 cm³/mol. The van der Waals surface area contributed by atoms with Crippen molar-refractivity contribution in [2.24, 2.45) is 0 Å². The first kappa shape index (κ1) is 13.4. The quantitative estimate of drug-likeness (QED) is 0.872. The lowest BCUT2D eigenvalue weighted by molar-refractivity contribution is -0.0796. The van der Waals surface area contributed by atoms with Gasteiger partial charge in [-0.05, 0) is 43.9 Å². The van der Waals surface area contributed by atoms with E-state index < -0.39 is 11.7 Å². The summed E-state index contributed by atoms with van der Waals surface area (Å²) in [6.45, 7) is 5.52. The lowest BCUT2D eigenvalue weighted by Crippen LogP contribution is -2.31. The third-order valence-electron chi connectivity index (χ3n) is 3.50. The summed E-state index contributed by atoms with van der Waals surface area (Å²) in [5.41, 5.74) is 0.453. The SMILES string of the molecule is CCCOc1ccc(C(O)C2(C)CCCO2)cc1. The summed E-state index contributed by atoms with van der Waals surface area (Å²) < 4.78 is 11.2. The first-order chi connectivity index (χ1) is 8.65. The van der Waals surface area contributed by atoms with Gasteiger partial charge in [-0.25, -0.2) is 0 Å². The van der Waals surface area contributed by atoms with E-state index in [1.807, 2.05) is 31.2 Å². The molecule has 18 heavy (non-hydrogen) atoms. The van der Waals surface area contributed by atoms with Crippen molar-refractivity contribution in [1.82, 2.24) is 0 Å². The largest absolute Gasteiger partial charge is 0.494 e. The van der Waals surface area contributed by atoms with Gasteiger partial charge in [0, 0.05) is 6.61 Å². The van der Waals surface area contributed by atoms with Gasteiger partial charge in [-0.1, -0.05) is 19.1 Å². The highest BCUT2D eigenvalue weighted by molar-refractivity contribution is 5.29. The molecule has 2 rings (SSSR count). The molecule has 2 unspecified atom stereocenters. The molecule has 2 atom stereocenters. The van der Waals surface area contributed by atoms with Crippen LogP contribution in [-0.2, 0) is 4.74 Å². The molecule has 1 aromatic rings. The number of ether oxygens (including phenoxy) is 2. The van der Waals surface area contributed by atoms with Gasteiger partial charge in [0.25, 0.3) is 0 Å². The minimum absolute atomic E-state index is 0.439. The Morgan fingerprint density at radius 1 is 1.39 bits per heavy atom. The molecule has 3 heteroatoms. The van der Waals surface area contributed by atoms with Crippen LogP contribution < -0.4 is 4.74 Å². The van der Waals surface area contributed by atoms with Gasteiger partial charge in [0.2, 0.25) is 0 Å². The summed E-state index contributed by atoms with van der Waals surface area (Å²) >= 11 is 0. The first-order valence-corrected chi connectivity index (χ1v) is 6.70. The van der Waals surface area contributed by atoms with Gasteiger partial charge in [0.1, 0.15) is 11.9 Å². The molecule has 1 N–H and O–H groups in total. The normalized spacial score (nSPS) is 25.1. The maximum atomic E-state index is 10.4. The molecule has 1 heterocycles. The predicted octanol–water partition coefficient (Wildman–Crippen LogP) is 3.08. The monoisotopic (exact) mass is 250 g/mol. The van der Waals surface area contributed by atoms with Crippen LogP contribution >= 0.6 is 0 Å². The zero-order valence-corrected chi connectivity index (χ0v) is 11.2. The molecule has 0 bridgehead atoms. The number of hydrogen-bond donors (Lipinski definition) is 1. The molecule has 0 aliphatic carbocycles. The Balaban J connectivity index is 2.04. The van der Waals surface area contributed by atoms with Crippen molar-refractivity contribution in [2.45, 2.75) is 44.8 Å². The molecule has 0 spiro atoms. The van der Waals surface area contributed by atoms with E-state index >= 15 is 0 Å². The average molecular weight is 250 g/mol. The molecule has 1 aliphatic rings. The summed E-state index contributed by atoms with van der Waals surface area (Å²) in [5, 5.41) is 10.4. The average Bonchev–Trinajstić information content (AvgIpc) is 2.84. The lowest BCUT2D eigenvalue weighted by atomic mass is 9.90. The Labute approximate surface area is 109 Å². The highest BCUT2D eigenvalue weighted by Gasteiger charge is 2.38. The molecule has 0 radical (unpaired) electrons. The van der Waals surface area contributed by atoms with E-state index in [9.17, 15) is 5.11 Å². The molecule has 100 valence electrons. The first-order valence-electron chi connectivity index (χ1n) is 6.70. The van der Waals surface area contributed by atoms with Crippen LogP contribution in [0.3, 0.4) is 0 Å². The summed E-state index contributed by atoms with van der Waals surface area (Å²) in [5.74, 6) is 0.852. The fourth-order valence-corrected chi connectivity index (χ4v) is 2.34. The zero-order chi connectivity index (χ0) is 13.0. The molecule has 3 nitrogen and oxygen atoms in total. The van der Waals surface area contributed by atoms with Crippen molar-refractivity contribution in [3.8, 4) is 5.75 Å². The number of rotatable bonds is 5. The van der Waals surface area contributed by atoms with Crippen LogP contribution in [0.5, 0.6) is 5.75 Å². The van der Waals surface area contributed by atoms with E-state index in [-0.39, 0.29) is 0 Å². The second-order valence-corrected chi connectivity index (χ2v) is 5.08. The fraction of sp³-hybridized carbons (Fsp3) is 0.600. The van der Waals surface area contributed by atoms with Gasteiger partial charge < -0.3 is 14.6 Å². The van der Waals surface area contributed by atoms with Gasteiger partial charge in [0.15, 0.2) is 0 Å². The standard InChI is InChI=1S/C15H22O3/c1-3-10-17-13-7-5-12(6-8-13)14(16)15(2)9-4-11-18-15/h5-8,14,16H,3-4,9-11H2,1-2H3. The molecular weight excluding hydrogens is 228 g/mol. The van der Waals surface area contributed by atoms with Crippen LogP contribution in [0.4, 0.5) is 0 Å². The van der Waals surface area contributed by atoms with Crippen LogP contribution in [0, 0.1) is 0 Å². The van der Waals surface area contributed by atoms with Crippen LogP contribution in [-0.4, -0.2) is 23.9 Å². The molecule has 0 saturated carbocycles. The maximum Gasteiger partial charge on any atom is 0.119 e. The Hall–Kier alpha value is -1.06. The second kappa shape index (κ2) is 5.72. The van der Waals surface area contributed by atoms with Crippen molar-refractivity contribution in [3.63, 3.8) is 0 Å². The third kappa shape index (κ3) is 2.85. The van der Waals surface area contributed by atoms with Crippen molar-refractivity contribution < 1.29 is 14.6 Å². The highest BCUT2D eigenvalue weighted by Crippen LogP contribution is 2.37. The molecule has 0 amide bonds. The van der Waals surface area contributed by atoms with E-state index in [0.717, 1.165) is 43.8 Å². The third-order valence-corrected chi connectivity index (χ3v) is 3.50. The van der Waals surface area contributed by atoms with Crippen LogP contribution in [0.2, 0.25) is 0 Å². The molecule has 1 aromatic carbocycles. The number of aliphatic hydroxyl groups excluding tert-OH is 1. The van der Waals surface area contributed by atoms with E-state index in [0.29, 0.717) is 0 Å². The van der Waals surface area contributed by atoms with E-state index in [4.69, 9.17) is 9.47 Å². The minimum atomic E-state index is -0.569. The Morgan fingerprint density at radius 3 is 2.67 bits per heavy atom.